The van der Waals surface area contributed by atoms with Gasteiger partial charge in [0.15, 0.2) is 0 Å². The van der Waals surface area contributed by atoms with Gasteiger partial charge in [0.2, 0.25) is 0 Å². The Morgan fingerprint density at radius 3 is 2.33 bits per heavy atom. The molecular formula is C12H14BrIO. The number of halogens is 2. The summed E-state index contributed by atoms with van der Waals surface area (Å²) in [4.78, 5) is 11.6. The molecule has 0 radical (unpaired) electrons. The zero-order valence-electron chi connectivity index (χ0n) is 8.84. The molecule has 0 aliphatic carbocycles. The summed E-state index contributed by atoms with van der Waals surface area (Å²) in [5, 5.41) is 0. The molecule has 1 nitrogen and oxygen atoms in total. The van der Waals surface area contributed by atoms with Gasteiger partial charge in [0.25, 0.3) is 0 Å². The highest BCUT2D eigenvalue weighted by Crippen LogP contribution is 2.16. The number of Topliss-reactive ketones (excluding diaryl/α,β-unsaturated/α-hetero) is 1. The molecule has 0 saturated heterocycles. The fourth-order valence-corrected chi connectivity index (χ4v) is 2.55. The Bertz CT molecular complexity index is 332. The Labute approximate surface area is 113 Å². The summed E-state index contributed by atoms with van der Waals surface area (Å²) in [6.45, 7) is 3.87. The van der Waals surface area contributed by atoms with Crippen LogP contribution in [-0.2, 0) is 11.2 Å². The van der Waals surface area contributed by atoms with Gasteiger partial charge in [-0.25, -0.2) is 0 Å². The first kappa shape index (κ1) is 13.2. The summed E-state index contributed by atoms with van der Waals surface area (Å²) >= 11 is 5.72. The van der Waals surface area contributed by atoms with Gasteiger partial charge in [-0.15, -0.1) is 0 Å². The summed E-state index contributed by atoms with van der Waals surface area (Å²) in [5.74, 6) is 0.367. The van der Waals surface area contributed by atoms with E-state index in [-0.39, 0.29) is 16.5 Å². The Hall–Kier alpha value is 0.1000. The number of hydrogen-bond acceptors (Lipinski definition) is 1. The Balaban J connectivity index is 2.62. The van der Waals surface area contributed by atoms with Crippen LogP contribution in [0.2, 0.25) is 0 Å². The molecule has 0 amide bonds. The molecule has 0 N–H and O–H groups in total. The molecule has 0 spiro atoms. The van der Waals surface area contributed by atoms with E-state index in [4.69, 9.17) is 0 Å². The second kappa shape index (κ2) is 5.99. The van der Waals surface area contributed by atoms with E-state index in [9.17, 15) is 4.79 Å². The molecule has 82 valence electrons. The van der Waals surface area contributed by atoms with Crippen molar-refractivity contribution < 1.29 is 4.79 Å². The number of alkyl halides is 1. The molecule has 1 unspecified atom stereocenters. The molecule has 0 heterocycles. The van der Waals surface area contributed by atoms with E-state index in [0.717, 1.165) is 6.42 Å². The van der Waals surface area contributed by atoms with E-state index in [1.807, 2.05) is 13.8 Å². The predicted octanol–water partition coefficient (Wildman–Crippen LogP) is 3.82. The minimum absolute atomic E-state index is 0.0578. The quantitative estimate of drug-likeness (QED) is 0.573. The minimum Gasteiger partial charge on any atom is -0.298 e. The first-order chi connectivity index (χ1) is 7.00. The lowest BCUT2D eigenvalue weighted by Gasteiger charge is -2.11. The molecule has 1 aromatic carbocycles. The van der Waals surface area contributed by atoms with Gasteiger partial charge in [0.1, 0.15) is 5.78 Å². The first-order valence-corrected chi connectivity index (χ1v) is 6.92. The monoisotopic (exact) mass is 380 g/mol. The molecule has 0 bridgehead atoms. The van der Waals surface area contributed by atoms with Crippen LogP contribution >= 0.6 is 38.5 Å². The zero-order valence-corrected chi connectivity index (χ0v) is 12.6. The highest BCUT2D eigenvalue weighted by atomic mass is 127. The zero-order chi connectivity index (χ0) is 11.4. The number of carbonyl (C=O) groups is 1. The molecule has 1 rings (SSSR count). The number of ketones is 1. The summed E-state index contributed by atoms with van der Waals surface area (Å²) in [7, 11) is 0. The normalized spacial score (nSPS) is 12.9. The van der Waals surface area contributed by atoms with Crippen LogP contribution in [0.3, 0.4) is 0 Å². The lowest BCUT2D eigenvalue weighted by atomic mass is 10.0. The van der Waals surface area contributed by atoms with Gasteiger partial charge in [0, 0.05) is 9.49 Å². The topological polar surface area (TPSA) is 17.1 Å². The highest BCUT2D eigenvalue weighted by molar-refractivity contribution is 14.1. The number of rotatable bonds is 4. The van der Waals surface area contributed by atoms with Crippen LogP contribution in [0.25, 0.3) is 0 Å². The van der Waals surface area contributed by atoms with Crippen LogP contribution < -0.4 is 0 Å². The van der Waals surface area contributed by atoms with Gasteiger partial charge < -0.3 is 0 Å². The van der Waals surface area contributed by atoms with Crippen molar-refractivity contribution in [3.05, 3.63) is 33.4 Å². The Morgan fingerprint density at radius 2 is 1.87 bits per heavy atom. The van der Waals surface area contributed by atoms with E-state index < -0.39 is 0 Å². The molecule has 0 aliphatic rings. The van der Waals surface area contributed by atoms with Crippen molar-refractivity contribution in [1.29, 1.82) is 0 Å². The molecule has 0 fully saturated rings. The van der Waals surface area contributed by atoms with Crippen molar-refractivity contribution in [2.75, 3.05) is 0 Å². The van der Waals surface area contributed by atoms with Gasteiger partial charge in [0.05, 0.1) is 4.83 Å². The molecule has 0 aliphatic heterocycles. The highest BCUT2D eigenvalue weighted by Gasteiger charge is 2.18. The van der Waals surface area contributed by atoms with Gasteiger partial charge in [-0.2, -0.15) is 0 Å². The third-order valence-electron chi connectivity index (χ3n) is 2.21. The van der Waals surface area contributed by atoms with E-state index in [1.54, 1.807) is 0 Å². The van der Waals surface area contributed by atoms with E-state index in [1.165, 1.54) is 9.13 Å². The van der Waals surface area contributed by atoms with E-state index in [0.29, 0.717) is 0 Å². The molecule has 0 aromatic heterocycles. The number of hydrogen-bond donors (Lipinski definition) is 0. The van der Waals surface area contributed by atoms with Crippen molar-refractivity contribution in [1.82, 2.24) is 0 Å². The van der Waals surface area contributed by atoms with Crippen molar-refractivity contribution in [2.45, 2.75) is 25.1 Å². The Kier molecular flexibility index (Phi) is 5.26. The molecular weight excluding hydrogens is 367 g/mol. The fourth-order valence-electron chi connectivity index (χ4n) is 1.29. The number of carbonyl (C=O) groups excluding carboxylic acids is 1. The molecule has 1 aromatic rings. The second-order valence-corrected chi connectivity index (χ2v) is 6.21. The first-order valence-electron chi connectivity index (χ1n) is 4.93. The molecule has 0 saturated carbocycles. The third-order valence-corrected chi connectivity index (χ3v) is 3.70. The van der Waals surface area contributed by atoms with E-state index >= 15 is 0 Å². The van der Waals surface area contributed by atoms with Crippen molar-refractivity contribution >= 4 is 44.3 Å². The van der Waals surface area contributed by atoms with Crippen molar-refractivity contribution in [3.63, 3.8) is 0 Å². The standard InChI is InChI=1S/C12H14BrIO/c1-8(2)12(15)11(13)7-9-3-5-10(14)6-4-9/h3-6,8,11H,7H2,1-2H3. The average molecular weight is 381 g/mol. The molecule has 1 atom stereocenters. The van der Waals surface area contributed by atoms with Crippen LogP contribution in [0, 0.1) is 9.49 Å². The average Bonchev–Trinajstić information content (AvgIpc) is 2.20. The summed E-state index contributed by atoms with van der Waals surface area (Å²) in [6, 6.07) is 8.28. The Morgan fingerprint density at radius 1 is 1.33 bits per heavy atom. The van der Waals surface area contributed by atoms with Gasteiger partial charge in [-0.05, 0) is 46.7 Å². The second-order valence-electron chi connectivity index (χ2n) is 3.86. The van der Waals surface area contributed by atoms with Crippen molar-refractivity contribution in [2.24, 2.45) is 5.92 Å². The van der Waals surface area contributed by atoms with Gasteiger partial charge >= 0.3 is 0 Å². The smallest absolute Gasteiger partial charge is 0.149 e. The SMILES string of the molecule is CC(C)C(=O)C(Br)Cc1ccc(I)cc1. The van der Waals surface area contributed by atoms with Crippen LogP contribution in [-0.4, -0.2) is 10.6 Å². The summed E-state index contributed by atoms with van der Waals surface area (Å²) in [5.41, 5.74) is 1.20. The van der Waals surface area contributed by atoms with Crippen LogP contribution in [0.15, 0.2) is 24.3 Å². The van der Waals surface area contributed by atoms with Gasteiger partial charge in [-0.3, -0.25) is 4.79 Å². The lowest BCUT2D eigenvalue weighted by Crippen LogP contribution is -2.21. The minimum atomic E-state index is -0.0578. The van der Waals surface area contributed by atoms with Crippen LogP contribution in [0.5, 0.6) is 0 Å². The lowest BCUT2D eigenvalue weighted by molar-refractivity contribution is -0.121. The predicted molar refractivity (Wildman–Crippen MR) is 75.4 cm³/mol. The molecule has 15 heavy (non-hydrogen) atoms. The maximum Gasteiger partial charge on any atom is 0.149 e. The summed E-state index contributed by atoms with van der Waals surface area (Å²) in [6.07, 6.45) is 0.772. The van der Waals surface area contributed by atoms with Crippen LogP contribution in [0.4, 0.5) is 0 Å². The fraction of sp³-hybridized carbons (Fsp3) is 0.417. The van der Waals surface area contributed by atoms with Gasteiger partial charge in [-0.1, -0.05) is 41.9 Å². The number of benzene rings is 1. The summed E-state index contributed by atoms with van der Waals surface area (Å²) < 4.78 is 1.22. The maximum absolute atomic E-state index is 11.7. The van der Waals surface area contributed by atoms with Crippen LogP contribution in [0.1, 0.15) is 19.4 Å². The maximum atomic E-state index is 11.7. The van der Waals surface area contributed by atoms with Crippen molar-refractivity contribution in [3.8, 4) is 0 Å². The molecule has 3 heteroatoms. The largest absolute Gasteiger partial charge is 0.298 e. The van der Waals surface area contributed by atoms with E-state index in [2.05, 4.69) is 62.8 Å². The third kappa shape index (κ3) is 4.23.